The highest BCUT2D eigenvalue weighted by molar-refractivity contribution is 5.81. The van der Waals surface area contributed by atoms with E-state index in [0.717, 1.165) is 36.7 Å². The van der Waals surface area contributed by atoms with E-state index in [4.69, 9.17) is 0 Å². The summed E-state index contributed by atoms with van der Waals surface area (Å²) in [7, 11) is 0. The van der Waals surface area contributed by atoms with E-state index >= 15 is 0 Å². The Bertz CT molecular complexity index is 757. The van der Waals surface area contributed by atoms with Gasteiger partial charge in [0.15, 0.2) is 5.96 Å². The Balaban J connectivity index is 1.58. The van der Waals surface area contributed by atoms with E-state index in [-0.39, 0.29) is 0 Å². The van der Waals surface area contributed by atoms with Gasteiger partial charge in [-0.2, -0.15) is 0 Å². The highest BCUT2D eigenvalue weighted by Crippen LogP contribution is 2.14. The molecule has 3 N–H and O–H groups in total. The molecule has 24 heavy (non-hydrogen) atoms. The minimum absolute atomic E-state index is 0.634. The van der Waals surface area contributed by atoms with Crippen LogP contribution in [0.25, 0.3) is 10.9 Å². The minimum Gasteiger partial charge on any atom is -0.357 e. The zero-order valence-corrected chi connectivity index (χ0v) is 14.0. The molecule has 0 saturated carbocycles. The van der Waals surface area contributed by atoms with E-state index in [0.29, 0.717) is 6.54 Å². The Kier molecular flexibility index (Phi) is 5.51. The van der Waals surface area contributed by atoms with Crippen LogP contribution in [0.1, 0.15) is 18.2 Å². The zero-order valence-electron chi connectivity index (χ0n) is 14.0. The smallest absolute Gasteiger partial charge is 0.191 e. The molecule has 1 heterocycles. The first-order valence-electron chi connectivity index (χ1n) is 8.48. The van der Waals surface area contributed by atoms with Crippen LogP contribution in [-0.2, 0) is 13.0 Å². The molecule has 3 rings (SSSR count). The molecular weight excluding hydrogens is 296 g/mol. The van der Waals surface area contributed by atoms with Crippen molar-refractivity contribution in [1.82, 2.24) is 15.6 Å². The number of para-hydroxylation sites is 1. The van der Waals surface area contributed by atoms with Crippen molar-refractivity contribution < 1.29 is 0 Å². The van der Waals surface area contributed by atoms with E-state index in [9.17, 15) is 0 Å². The normalized spacial score (nSPS) is 11.6. The standard InChI is InChI=1S/C20H24N4/c1-2-21-20(22-13-12-16-8-4-3-5-9-16)23-15-18-14-17-10-6-7-11-19(17)24-18/h3-11,14,24H,2,12-13,15H2,1H3,(H2,21,22,23). The van der Waals surface area contributed by atoms with Gasteiger partial charge in [0.2, 0.25) is 0 Å². The number of hydrogen-bond donors (Lipinski definition) is 3. The van der Waals surface area contributed by atoms with Crippen molar-refractivity contribution in [3.63, 3.8) is 0 Å². The van der Waals surface area contributed by atoms with Crippen LogP contribution >= 0.6 is 0 Å². The van der Waals surface area contributed by atoms with Gasteiger partial charge in [-0.15, -0.1) is 0 Å². The quantitative estimate of drug-likeness (QED) is 0.481. The van der Waals surface area contributed by atoms with Crippen LogP contribution in [0, 0.1) is 0 Å². The summed E-state index contributed by atoms with van der Waals surface area (Å²) < 4.78 is 0. The van der Waals surface area contributed by atoms with Gasteiger partial charge in [0.25, 0.3) is 0 Å². The zero-order chi connectivity index (χ0) is 16.6. The predicted molar refractivity (Wildman–Crippen MR) is 101 cm³/mol. The molecule has 0 bridgehead atoms. The molecule has 1 aromatic heterocycles. The lowest BCUT2D eigenvalue weighted by Gasteiger charge is -2.11. The van der Waals surface area contributed by atoms with Crippen molar-refractivity contribution in [1.29, 1.82) is 0 Å². The van der Waals surface area contributed by atoms with Crippen LogP contribution in [0.2, 0.25) is 0 Å². The van der Waals surface area contributed by atoms with Gasteiger partial charge in [-0.25, -0.2) is 4.99 Å². The van der Waals surface area contributed by atoms with Crippen LogP contribution < -0.4 is 10.6 Å². The number of fused-ring (bicyclic) bond motifs is 1. The number of guanidine groups is 1. The van der Waals surface area contributed by atoms with E-state index < -0.39 is 0 Å². The monoisotopic (exact) mass is 320 g/mol. The summed E-state index contributed by atoms with van der Waals surface area (Å²) in [4.78, 5) is 8.09. The average Bonchev–Trinajstić information content (AvgIpc) is 3.03. The molecule has 2 aromatic carbocycles. The van der Waals surface area contributed by atoms with Crippen molar-refractivity contribution in [3.05, 3.63) is 71.9 Å². The highest BCUT2D eigenvalue weighted by Gasteiger charge is 2.01. The lowest BCUT2D eigenvalue weighted by atomic mass is 10.1. The van der Waals surface area contributed by atoms with E-state index in [2.05, 4.69) is 76.1 Å². The van der Waals surface area contributed by atoms with Gasteiger partial charge in [-0.1, -0.05) is 48.5 Å². The first-order chi connectivity index (χ1) is 11.8. The van der Waals surface area contributed by atoms with Crippen LogP contribution in [0.4, 0.5) is 0 Å². The molecule has 0 amide bonds. The largest absolute Gasteiger partial charge is 0.357 e. The van der Waals surface area contributed by atoms with Gasteiger partial charge in [0.05, 0.1) is 6.54 Å². The summed E-state index contributed by atoms with van der Waals surface area (Å²) in [6, 6.07) is 20.9. The predicted octanol–water partition coefficient (Wildman–Crippen LogP) is 3.47. The highest BCUT2D eigenvalue weighted by atomic mass is 15.2. The number of nitrogens with one attached hydrogen (secondary N) is 3. The Morgan fingerprint density at radius 2 is 1.79 bits per heavy atom. The first-order valence-corrected chi connectivity index (χ1v) is 8.48. The molecule has 0 atom stereocenters. The molecular formula is C20H24N4. The molecule has 0 spiro atoms. The number of aliphatic imine (C=N–C) groups is 1. The molecule has 0 aliphatic carbocycles. The van der Waals surface area contributed by atoms with Gasteiger partial charge in [-0.3, -0.25) is 0 Å². The number of hydrogen-bond acceptors (Lipinski definition) is 1. The van der Waals surface area contributed by atoms with Gasteiger partial charge in [-0.05, 0) is 36.4 Å². The second-order valence-electron chi connectivity index (χ2n) is 5.74. The fraction of sp³-hybridized carbons (Fsp3) is 0.250. The number of benzene rings is 2. The molecule has 0 fully saturated rings. The van der Waals surface area contributed by atoms with Gasteiger partial charge >= 0.3 is 0 Å². The SMILES string of the molecule is CCNC(=NCc1cc2ccccc2[nH]1)NCCc1ccccc1. The lowest BCUT2D eigenvalue weighted by molar-refractivity contribution is 0.798. The summed E-state index contributed by atoms with van der Waals surface area (Å²) >= 11 is 0. The Hall–Kier alpha value is -2.75. The minimum atomic E-state index is 0.634. The topological polar surface area (TPSA) is 52.2 Å². The van der Waals surface area contributed by atoms with Crippen molar-refractivity contribution in [3.8, 4) is 0 Å². The third-order valence-corrected chi connectivity index (χ3v) is 3.89. The number of aromatic nitrogens is 1. The maximum absolute atomic E-state index is 4.67. The van der Waals surface area contributed by atoms with Crippen LogP contribution in [0.5, 0.6) is 0 Å². The average molecular weight is 320 g/mol. The molecule has 0 radical (unpaired) electrons. The fourth-order valence-corrected chi connectivity index (χ4v) is 2.69. The third kappa shape index (κ3) is 4.38. The first kappa shape index (κ1) is 16.1. The number of rotatable bonds is 6. The maximum atomic E-state index is 4.67. The number of H-pyrrole nitrogens is 1. The molecule has 124 valence electrons. The molecule has 0 aliphatic rings. The molecule has 4 heteroatoms. The van der Waals surface area contributed by atoms with Crippen LogP contribution in [0.3, 0.4) is 0 Å². The van der Waals surface area contributed by atoms with Gasteiger partial charge in [0, 0.05) is 24.3 Å². The Morgan fingerprint density at radius 1 is 1.00 bits per heavy atom. The van der Waals surface area contributed by atoms with Crippen LogP contribution in [-0.4, -0.2) is 24.0 Å². The summed E-state index contributed by atoms with van der Waals surface area (Å²) in [5.41, 5.74) is 3.61. The fourth-order valence-electron chi connectivity index (χ4n) is 2.69. The van der Waals surface area contributed by atoms with Crippen molar-refractivity contribution in [2.45, 2.75) is 19.9 Å². The van der Waals surface area contributed by atoms with E-state index in [1.54, 1.807) is 0 Å². The maximum Gasteiger partial charge on any atom is 0.191 e. The summed E-state index contributed by atoms with van der Waals surface area (Å²) in [5, 5.41) is 7.92. The van der Waals surface area contributed by atoms with Crippen molar-refractivity contribution >= 4 is 16.9 Å². The second kappa shape index (κ2) is 8.20. The number of aromatic amines is 1. The Labute approximate surface area is 143 Å². The number of nitrogens with zero attached hydrogens (tertiary/aromatic N) is 1. The van der Waals surface area contributed by atoms with Crippen molar-refractivity contribution in [2.75, 3.05) is 13.1 Å². The summed E-state index contributed by atoms with van der Waals surface area (Å²) in [5.74, 6) is 0.854. The lowest BCUT2D eigenvalue weighted by Crippen LogP contribution is -2.38. The molecule has 0 unspecified atom stereocenters. The summed E-state index contributed by atoms with van der Waals surface area (Å²) in [6.07, 6.45) is 0.984. The van der Waals surface area contributed by atoms with Gasteiger partial charge in [0.1, 0.15) is 0 Å². The van der Waals surface area contributed by atoms with E-state index in [1.807, 2.05) is 12.1 Å². The molecule has 0 aliphatic heterocycles. The summed E-state index contributed by atoms with van der Waals surface area (Å²) in [6.45, 7) is 4.43. The van der Waals surface area contributed by atoms with Gasteiger partial charge < -0.3 is 15.6 Å². The second-order valence-corrected chi connectivity index (χ2v) is 5.74. The van der Waals surface area contributed by atoms with E-state index in [1.165, 1.54) is 10.9 Å². The molecule has 0 saturated heterocycles. The Morgan fingerprint density at radius 3 is 2.58 bits per heavy atom. The molecule has 4 nitrogen and oxygen atoms in total. The van der Waals surface area contributed by atoms with Crippen LogP contribution in [0.15, 0.2) is 65.7 Å². The third-order valence-electron chi connectivity index (χ3n) is 3.89. The van der Waals surface area contributed by atoms with Crippen molar-refractivity contribution in [2.24, 2.45) is 4.99 Å². The molecule has 3 aromatic rings.